The van der Waals surface area contributed by atoms with Crippen LogP contribution in [0.15, 0.2) is 78.9 Å². The number of imidazole rings is 1. The molecule has 1 aromatic heterocycles. The Kier molecular flexibility index (Phi) is 11.3. The molecule has 1 unspecified atom stereocenters. The lowest BCUT2D eigenvalue weighted by molar-refractivity contribution is -0.117. The number of carbonyl (C=O) groups excluding carboxylic acids is 2. The summed E-state index contributed by atoms with van der Waals surface area (Å²) in [6.45, 7) is 7.92. The van der Waals surface area contributed by atoms with E-state index >= 15 is 0 Å². The second-order valence-corrected chi connectivity index (χ2v) is 12.6. The van der Waals surface area contributed by atoms with Crippen LogP contribution in [0, 0.1) is 11.6 Å². The summed E-state index contributed by atoms with van der Waals surface area (Å²) in [4.78, 5) is 32.6. The monoisotopic (exact) mass is 691 g/mol. The molecular formula is C37H37Cl2F2N5O2. The van der Waals surface area contributed by atoms with Crippen LogP contribution in [0.4, 0.5) is 25.0 Å². The summed E-state index contributed by atoms with van der Waals surface area (Å²) >= 11 is 12.1. The standard InChI is InChI=1S/C37H37Cl2F2N5O2/c1-4-16-45(17-5-2)28-11-7-25(8-12-28)36-43-34-20-26(9-15-35(34)46(36)22-24-6-14-31(40)32(41)19-24)33(18-23(3)47)44-37(48)42-27-10-13-29(38)30(39)21-27/h6-15,19-21,33H,4-5,16-18,22H2,1-3H3,(H2,42,44,48). The topological polar surface area (TPSA) is 79.3 Å². The van der Waals surface area contributed by atoms with Gasteiger partial charge in [-0.05, 0) is 97.6 Å². The predicted octanol–water partition coefficient (Wildman–Crippen LogP) is 9.80. The first-order valence-electron chi connectivity index (χ1n) is 15.9. The smallest absolute Gasteiger partial charge is 0.319 e. The molecule has 0 aliphatic rings. The van der Waals surface area contributed by atoms with E-state index in [1.165, 1.54) is 19.1 Å². The van der Waals surface area contributed by atoms with E-state index in [2.05, 4.69) is 41.5 Å². The Morgan fingerprint density at radius 1 is 0.875 bits per heavy atom. The number of Topliss-reactive ketones (excluding diaryl/α,β-unsaturated/α-hetero) is 1. The van der Waals surface area contributed by atoms with Gasteiger partial charge < -0.3 is 20.1 Å². The number of hydrogen-bond donors (Lipinski definition) is 2. The van der Waals surface area contributed by atoms with Crippen molar-refractivity contribution in [2.45, 2.75) is 52.6 Å². The lowest BCUT2D eigenvalue weighted by atomic mass is 10.0. The van der Waals surface area contributed by atoms with Crippen LogP contribution in [0.1, 0.15) is 57.2 Å². The number of urea groups is 1. The van der Waals surface area contributed by atoms with Gasteiger partial charge in [0.2, 0.25) is 0 Å². The Hall–Kier alpha value is -4.47. The number of aromatic nitrogens is 2. The highest BCUT2D eigenvalue weighted by atomic mass is 35.5. The SMILES string of the molecule is CCCN(CCC)c1ccc(-c2nc3cc(C(CC(C)=O)NC(=O)Nc4ccc(Cl)c(Cl)c4)ccc3n2Cc2ccc(F)c(F)c2)cc1. The molecule has 250 valence electrons. The maximum atomic E-state index is 14.2. The Balaban J connectivity index is 1.52. The largest absolute Gasteiger partial charge is 0.372 e. The second kappa shape index (κ2) is 15.6. The summed E-state index contributed by atoms with van der Waals surface area (Å²) in [7, 11) is 0. The summed E-state index contributed by atoms with van der Waals surface area (Å²) in [5.41, 5.74) is 5.03. The number of anilines is 2. The van der Waals surface area contributed by atoms with Gasteiger partial charge in [0.1, 0.15) is 11.6 Å². The third-order valence-corrected chi connectivity index (χ3v) is 8.69. The molecule has 0 aliphatic carbocycles. The van der Waals surface area contributed by atoms with E-state index in [0.717, 1.165) is 48.8 Å². The zero-order valence-corrected chi connectivity index (χ0v) is 28.5. The van der Waals surface area contributed by atoms with Crippen molar-refractivity contribution in [2.75, 3.05) is 23.3 Å². The number of hydrogen-bond acceptors (Lipinski definition) is 4. The van der Waals surface area contributed by atoms with Crippen LogP contribution in [0.2, 0.25) is 10.0 Å². The maximum Gasteiger partial charge on any atom is 0.319 e. The first kappa shape index (κ1) is 34.9. The maximum absolute atomic E-state index is 14.2. The minimum atomic E-state index is -0.922. The summed E-state index contributed by atoms with van der Waals surface area (Å²) < 4.78 is 30.0. The van der Waals surface area contributed by atoms with Gasteiger partial charge in [-0.15, -0.1) is 0 Å². The molecule has 2 N–H and O–H groups in total. The lowest BCUT2D eigenvalue weighted by Gasteiger charge is -2.24. The molecule has 0 saturated carbocycles. The Labute approximate surface area is 288 Å². The summed E-state index contributed by atoms with van der Waals surface area (Å²) in [6.07, 6.45) is 2.12. The fourth-order valence-electron chi connectivity index (χ4n) is 5.73. The van der Waals surface area contributed by atoms with Gasteiger partial charge in [0, 0.05) is 43.0 Å². The van der Waals surface area contributed by atoms with Crippen molar-refractivity contribution in [3.8, 4) is 11.4 Å². The van der Waals surface area contributed by atoms with E-state index in [1.807, 2.05) is 34.9 Å². The van der Waals surface area contributed by atoms with Crippen molar-refractivity contribution in [2.24, 2.45) is 0 Å². The van der Waals surface area contributed by atoms with Crippen molar-refractivity contribution in [1.29, 1.82) is 0 Å². The van der Waals surface area contributed by atoms with Gasteiger partial charge in [-0.1, -0.05) is 49.2 Å². The first-order chi connectivity index (χ1) is 23.1. The minimum Gasteiger partial charge on any atom is -0.372 e. The average Bonchev–Trinajstić information content (AvgIpc) is 3.41. The van der Waals surface area contributed by atoms with Gasteiger partial charge in [-0.3, -0.25) is 4.79 Å². The van der Waals surface area contributed by atoms with Crippen LogP contribution in [-0.2, 0) is 11.3 Å². The molecule has 7 nitrogen and oxygen atoms in total. The number of rotatable bonds is 13. The molecule has 0 radical (unpaired) electrons. The van der Waals surface area contributed by atoms with Gasteiger partial charge in [0.15, 0.2) is 11.6 Å². The molecule has 0 spiro atoms. The van der Waals surface area contributed by atoms with Crippen LogP contribution in [-0.4, -0.2) is 34.5 Å². The lowest BCUT2D eigenvalue weighted by Crippen LogP contribution is -2.33. The van der Waals surface area contributed by atoms with E-state index in [0.29, 0.717) is 38.2 Å². The zero-order valence-electron chi connectivity index (χ0n) is 27.0. The number of fused-ring (bicyclic) bond motifs is 1. The Morgan fingerprint density at radius 3 is 2.25 bits per heavy atom. The molecule has 48 heavy (non-hydrogen) atoms. The molecule has 0 bridgehead atoms. The third-order valence-electron chi connectivity index (χ3n) is 7.95. The average molecular weight is 693 g/mol. The van der Waals surface area contributed by atoms with Gasteiger partial charge in [0.05, 0.1) is 27.1 Å². The summed E-state index contributed by atoms with van der Waals surface area (Å²) in [5, 5.41) is 6.28. The van der Waals surface area contributed by atoms with Crippen LogP contribution in [0.3, 0.4) is 0 Å². The number of amides is 2. The number of nitrogens with one attached hydrogen (secondary N) is 2. The minimum absolute atomic E-state index is 0.0518. The molecule has 5 aromatic rings. The highest BCUT2D eigenvalue weighted by Crippen LogP contribution is 2.31. The molecule has 0 saturated heterocycles. The van der Waals surface area contributed by atoms with Gasteiger partial charge in [-0.2, -0.15) is 0 Å². The zero-order chi connectivity index (χ0) is 34.4. The second-order valence-electron chi connectivity index (χ2n) is 11.7. The first-order valence-corrected chi connectivity index (χ1v) is 16.6. The van der Waals surface area contributed by atoms with Crippen LogP contribution in [0.5, 0.6) is 0 Å². The van der Waals surface area contributed by atoms with Crippen LogP contribution >= 0.6 is 23.2 Å². The Bertz CT molecular complexity index is 1920. The predicted molar refractivity (Wildman–Crippen MR) is 190 cm³/mol. The van der Waals surface area contributed by atoms with E-state index in [9.17, 15) is 18.4 Å². The molecule has 0 fully saturated rings. The van der Waals surface area contributed by atoms with E-state index in [-0.39, 0.29) is 18.7 Å². The van der Waals surface area contributed by atoms with Crippen LogP contribution < -0.4 is 15.5 Å². The van der Waals surface area contributed by atoms with E-state index in [1.54, 1.807) is 18.2 Å². The molecule has 2 amide bonds. The number of ketones is 1. The van der Waals surface area contributed by atoms with Crippen molar-refractivity contribution in [3.05, 3.63) is 112 Å². The van der Waals surface area contributed by atoms with Crippen molar-refractivity contribution >= 4 is 57.4 Å². The van der Waals surface area contributed by atoms with E-state index in [4.69, 9.17) is 28.2 Å². The number of carbonyl (C=O) groups is 2. The number of nitrogens with zero attached hydrogens (tertiary/aromatic N) is 3. The summed E-state index contributed by atoms with van der Waals surface area (Å²) in [5.74, 6) is -1.30. The van der Waals surface area contributed by atoms with Gasteiger partial charge in [0.25, 0.3) is 0 Å². The fourth-order valence-corrected chi connectivity index (χ4v) is 6.03. The quantitative estimate of drug-likeness (QED) is 0.129. The normalized spacial score (nSPS) is 11.8. The fraction of sp³-hybridized carbons (Fsp3) is 0.270. The Morgan fingerprint density at radius 2 is 1.60 bits per heavy atom. The van der Waals surface area contributed by atoms with Gasteiger partial charge >= 0.3 is 6.03 Å². The molecular weight excluding hydrogens is 655 g/mol. The van der Waals surface area contributed by atoms with Crippen molar-refractivity contribution in [1.82, 2.24) is 14.9 Å². The highest BCUT2D eigenvalue weighted by Gasteiger charge is 2.21. The molecule has 1 atom stereocenters. The summed E-state index contributed by atoms with van der Waals surface area (Å²) in [6, 6.07) is 21.1. The molecule has 0 aliphatic heterocycles. The molecule has 4 aromatic carbocycles. The molecule has 11 heteroatoms. The molecule has 1 heterocycles. The van der Waals surface area contributed by atoms with Crippen molar-refractivity contribution in [3.63, 3.8) is 0 Å². The van der Waals surface area contributed by atoms with E-state index < -0.39 is 23.7 Å². The number of halogens is 4. The molecule has 5 rings (SSSR count). The van der Waals surface area contributed by atoms with Crippen LogP contribution in [0.25, 0.3) is 22.4 Å². The van der Waals surface area contributed by atoms with Gasteiger partial charge in [-0.25, -0.2) is 18.6 Å². The third kappa shape index (κ3) is 8.32. The number of benzene rings is 4. The highest BCUT2D eigenvalue weighted by molar-refractivity contribution is 6.42. The van der Waals surface area contributed by atoms with Crippen molar-refractivity contribution < 1.29 is 18.4 Å².